The van der Waals surface area contributed by atoms with Crippen molar-refractivity contribution in [2.24, 2.45) is 0 Å². The summed E-state index contributed by atoms with van der Waals surface area (Å²) in [6.07, 6.45) is 1.09. The highest BCUT2D eigenvalue weighted by atomic mass is 32.2. The predicted octanol–water partition coefficient (Wildman–Crippen LogP) is 3.79. The lowest BCUT2D eigenvalue weighted by atomic mass is 10.1. The molecule has 0 bridgehead atoms. The molecular formula is C20H24N2O3S. The number of rotatable bonds is 4. The highest BCUT2D eigenvalue weighted by Crippen LogP contribution is 2.34. The first-order valence-corrected chi connectivity index (χ1v) is 10.3. The minimum absolute atomic E-state index is 0.0445. The zero-order valence-corrected chi connectivity index (χ0v) is 16.4. The van der Waals surface area contributed by atoms with Crippen molar-refractivity contribution in [3.05, 3.63) is 53.1 Å². The van der Waals surface area contributed by atoms with E-state index in [4.69, 9.17) is 0 Å². The molecule has 1 amide bonds. The van der Waals surface area contributed by atoms with Gasteiger partial charge >= 0.3 is 0 Å². The monoisotopic (exact) mass is 372 g/mol. The molecule has 3 rings (SSSR count). The standard InChI is InChI=1S/C20H24N2O3S/c1-5-20(23)22-15(4)11-16-12-18(8-9-19(16)22)26(24,25)21-17-7-6-13(2)14(3)10-17/h6-10,12,15,21H,5,11H2,1-4H3/t15-/m1/s1. The first kappa shape index (κ1) is 18.5. The SMILES string of the molecule is CCC(=O)N1c2ccc(S(=O)(=O)Nc3ccc(C)c(C)c3)cc2C[C@H]1C. The number of benzene rings is 2. The van der Waals surface area contributed by atoms with E-state index >= 15 is 0 Å². The average molecular weight is 372 g/mol. The highest BCUT2D eigenvalue weighted by Gasteiger charge is 2.31. The molecule has 0 fully saturated rings. The summed E-state index contributed by atoms with van der Waals surface area (Å²) in [5.41, 5.74) is 4.39. The molecule has 0 saturated carbocycles. The van der Waals surface area contributed by atoms with Gasteiger partial charge in [0.1, 0.15) is 0 Å². The number of nitrogens with zero attached hydrogens (tertiary/aromatic N) is 1. The van der Waals surface area contributed by atoms with Gasteiger partial charge in [0.15, 0.2) is 0 Å². The maximum Gasteiger partial charge on any atom is 0.261 e. The van der Waals surface area contributed by atoms with Crippen LogP contribution in [0.5, 0.6) is 0 Å². The number of anilines is 2. The number of hydrogen-bond donors (Lipinski definition) is 1. The number of sulfonamides is 1. The lowest BCUT2D eigenvalue weighted by Crippen LogP contribution is -2.35. The fourth-order valence-electron chi connectivity index (χ4n) is 3.34. The van der Waals surface area contributed by atoms with Gasteiger partial charge in [0, 0.05) is 23.8 Å². The van der Waals surface area contributed by atoms with Crippen molar-refractivity contribution in [1.29, 1.82) is 0 Å². The van der Waals surface area contributed by atoms with Crippen LogP contribution in [0.3, 0.4) is 0 Å². The molecule has 138 valence electrons. The fourth-order valence-corrected chi connectivity index (χ4v) is 4.44. The first-order valence-electron chi connectivity index (χ1n) is 8.78. The van der Waals surface area contributed by atoms with E-state index in [9.17, 15) is 13.2 Å². The fraction of sp³-hybridized carbons (Fsp3) is 0.350. The second-order valence-electron chi connectivity index (χ2n) is 6.87. The number of nitrogens with one attached hydrogen (secondary N) is 1. The van der Waals surface area contributed by atoms with Gasteiger partial charge in [0.25, 0.3) is 10.0 Å². The molecule has 0 radical (unpaired) electrons. The van der Waals surface area contributed by atoms with Crippen LogP contribution in [0.1, 0.15) is 37.0 Å². The highest BCUT2D eigenvalue weighted by molar-refractivity contribution is 7.92. The molecule has 0 aliphatic carbocycles. The Kier molecular flexibility index (Phi) is 4.80. The molecule has 2 aromatic rings. The molecule has 6 heteroatoms. The van der Waals surface area contributed by atoms with Crippen molar-refractivity contribution in [3.63, 3.8) is 0 Å². The van der Waals surface area contributed by atoms with Crippen LogP contribution < -0.4 is 9.62 Å². The predicted molar refractivity (Wildman–Crippen MR) is 104 cm³/mol. The van der Waals surface area contributed by atoms with Gasteiger partial charge in [-0.15, -0.1) is 0 Å². The smallest absolute Gasteiger partial charge is 0.261 e. The summed E-state index contributed by atoms with van der Waals surface area (Å²) in [6, 6.07) is 10.5. The summed E-state index contributed by atoms with van der Waals surface area (Å²) < 4.78 is 28.2. The third-order valence-electron chi connectivity index (χ3n) is 4.91. The third-order valence-corrected chi connectivity index (χ3v) is 6.29. The Bertz CT molecular complexity index is 967. The van der Waals surface area contributed by atoms with Crippen LogP contribution in [-0.4, -0.2) is 20.4 Å². The van der Waals surface area contributed by atoms with Crippen LogP contribution in [0.4, 0.5) is 11.4 Å². The maximum absolute atomic E-state index is 12.8. The maximum atomic E-state index is 12.8. The summed E-state index contributed by atoms with van der Waals surface area (Å²) in [4.78, 5) is 14.1. The van der Waals surface area contributed by atoms with Gasteiger partial charge in [-0.05, 0) is 74.2 Å². The Morgan fingerprint density at radius 3 is 2.54 bits per heavy atom. The molecule has 5 nitrogen and oxygen atoms in total. The van der Waals surface area contributed by atoms with Crippen molar-refractivity contribution in [2.45, 2.75) is 51.5 Å². The summed E-state index contributed by atoms with van der Waals surface area (Å²) >= 11 is 0. The van der Waals surface area contributed by atoms with Crippen molar-refractivity contribution in [2.75, 3.05) is 9.62 Å². The van der Waals surface area contributed by atoms with Crippen LogP contribution in [-0.2, 0) is 21.2 Å². The van der Waals surface area contributed by atoms with E-state index in [1.165, 1.54) is 0 Å². The van der Waals surface area contributed by atoms with E-state index in [0.29, 0.717) is 18.5 Å². The molecule has 2 aromatic carbocycles. The lowest BCUT2D eigenvalue weighted by molar-refractivity contribution is -0.118. The molecule has 0 saturated heterocycles. The van der Waals surface area contributed by atoms with Crippen LogP contribution in [0.2, 0.25) is 0 Å². The second-order valence-corrected chi connectivity index (χ2v) is 8.55. The molecule has 1 atom stereocenters. The molecule has 0 aromatic heterocycles. The Morgan fingerprint density at radius 1 is 1.15 bits per heavy atom. The summed E-state index contributed by atoms with van der Waals surface area (Å²) in [6.45, 7) is 7.75. The van der Waals surface area contributed by atoms with Crippen LogP contribution in [0, 0.1) is 13.8 Å². The van der Waals surface area contributed by atoms with Crippen molar-refractivity contribution >= 4 is 27.3 Å². The number of hydrogen-bond acceptors (Lipinski definition) is 3. The Hall–Kier alpha value is -2.34. The Labute approximate surface area is 155 Å². The minimum atomic E-state index is -3.68. The van der Waals surface area contributed by atoms with E-state index in [1.54, 1.807) is 29.2 Å². The van der Waals surface area contributed by atoms with E-state index < -0.39 is 10.0 Å². The summed E-state index contributed by atoms with van der Waals surface area (Å²) in [7, 11) is -3.68. The molecule has 0 spiro atoms. The number of carbonyl (C=O) groups is 1. The average Bonchev–Trinajstić information content (AvgIpc) is 2.92. The van der Waals surface area contributed by atoms with Crippen molar-refractivity contribution in [3.8, 4) is 0 Å². The van der Waals surface area contributed by atoms with E-state index in [2.05, 4.69) is 4.72 Å². The van der Waals surface area contributed by atoms with Crippen LogP contribution >= 0.6 is 0 Å². The van der Waals surface area contributed by atoms with Crippen LogP contribution in [0.25, 0.3) is 0 Å². The third kappa shape index (κ3) is 3.33. The number of carbonyl (C=O) groups excluding carboxylic acids is 1. The zero-order valence-electron chi connectivity index (χ0n) is 15.5. The normalized spacial score (nSPS) is 16.5. The largest absolute Gasteiger partial charge is 0.309 e. The number of fused-ring (bicyclic) bond motifs is 1. The number of aryl methyl sites for hydroxylation is 2. The molecular weight excluding hydrogens is 348 g/mol. The van der Waals surface area contributed by atoms with E-state index in [-0.39, 0.29) is 16.8 Å². The van der Waals surface area contributed by atoms with E-state index in [1.807, 2.05) is 39.8 Å². The van der Waals surface area contributed by atoms with Gasteiger partial charge in [-0.2, -0.15) is 0 Å². The molecule has 1 aliphatic heterocycles. The van der Waals surface area contributed by atoms with Crippen LogP contribution in [0.15, 0.2) is 41.3 Å². The van der Waals surface area contributed by atoms with Crippen molar-refractivity contribution < 1.29 is 13.2 Å². The minimum Gasteiger partial charge on any atom is -0.309 e. The summed E-state index contributed by atoms with van der Waals surface area (Å²) in [5.74, 6) is 0.0557. The molecule has 1 heterocycles. The van der Waals surface area contributed by atoms with E-state index in [0.717, 1.165) is 22.4 Å². The second kappa shape index (κ2) is 6.76. The number of amides is 1. The molecule has 0 unspecified atom stereocenters. The Balaban J connectivity index is 1.91. The lowest BCUT2D eigenvalue weighted by Gasteiger charge is -2.22. The first-order chi connectivity index (χ1) is 12.2. The quantitative estimate of drug-likeness (QED) is 0.888. The van der Waals surface area contributed by atoms with Gasteiger partial charge in [-0.3, -0.25) is 9.52 Å². The molecule has 26 heavy (non-hydrogen) atoms. The van der Waals surface area contributed by atoms with Gasteiger partial charge in [0.05, 0.1) is 4.90 Å². The Morgan fingerprint density at radius 2 is 1.88 bits per heavy atom. The zero-order chi connectivity index (χ0) is 19.1. The summed E-state index contributed by atoms with van der Waals surface area (Å²) in [5, 5.41) is 0. The van der Waals surface area contributed by atoms with Gasteiger partial charge < -0.3 is 4.90 Å². The topological polar surface area (TPSA) is 66.5 Å². The van der Waals surface area contributed by atoms with Crippen molar-refractivity contribution in [1.82, 2.24) is 0 Å². The van der Waals surface area contributed by atoms with Gasteiger partial charge in [-0.25, -0.2) is 8.42 Å². The molecule has 1 N–H and O–H groups in total. The van der Waals surface area contributed by atoms with Gasteiger partial charge in [-0.1, -0.05) is 13.0 Å². The van der Waals surface area contributed by atoms with Gasteiger partial charge in [0.2, 0.25) is 5.91 Å². The molecule has 1 aliphatic rings.